The molecular formula is C19H14O3. The van der Waals surface area contributed by atoms with Crippen LogP contribution < -0.4 is 5.43 Å². The Bertz CT molecular complexity index is 863. The van der Waals surface area contributed by atoms with Crippen molar-refractivity contribution in [3.63, 3.8) is 0 Å². The lowest BCUT2D eigenvalue weighted by Gasteiger charge is -1.99. The van der Waals surface area contributed by atoms with Gasteiger partial charge in [0, 0.05) is 5.56 Å². The van der Waals surface area contributed by atoms with Crippen LogP contribution in [-0.2, 0) is 0 Å². The number of aryl methyl sites for hydroxylation is 1. The van der Waals surface area contributed by atoms with Crippen LogP contribution in [0.3, 0.4) is 0 Å². The molecule has 0 unspecified atom stereocenters. The molecule has 0 amide bonds. The second kappa shape index (κ2) is 5.82. The molecule has 3 aromatic rings. The highest BCUT2D eigenvalue weighted by Crippen LogP contribution is 2.18. The summed E-state index contributed by atoms with van der Waals surface area (Å²) in [5, 5.41) is 0. The highest BCUT2D eigenvalue weighted by atomic mass is 16.3. The van der Waals surface area contributed by atoms with Crippen molar-refractivity contribution in [3.05, 3.63) is 93.8 Å². The Balaban J connectivity index is 2.22. The molecule has 0 saturated heterocycles. The molecule has 0 aliphatic rings. The fourth-order valence-electron chi connectivity index (χ4n) is 2.32. The van der Waals surface area contributed by atoms with E-state index in [9.17, 15) is 9.59 Å². The van der Waals surface area contributed by atoms with Crippen LogP contribution in [0.25, 0.3) is 11.3 Å². The van der Waals surface area contributed by atoms with Gasteiger partial charge in [0.25, 0.3) is 0 Å². The largest absolute Gasteiger partial charge is 0.464 e. The maximum Gasteiger partial charge on any atom is 0.200 e. The summed E-state index contributed by atoms with van der Waals surface area (Å²) in [6.07, 6.45) is 1.51. The number of furan rings is 1. The summed E-state index contributed by atoms with van der Waals surface area (Å²) in [4.78, 5) is 25.4. The molecule has 3 heteroatoms. The number of ketones is 1. The van der Waals surface area contributed by atoms with E-state index < -0.39 is 0 Å². The average Bonchev–Trinajstić information content (AvgIpc) is 3.02. The van der Waals surface area contributed by atoms with E-state index in [0.29, 0.717) is 16.9 Å². The van der Waals surface area contributed by atoms with Crippen LogP contribution in [0.15, 0.2) is 76.1 Å². The summed E-state index contributed by atoms with van der Waals surface area (Å²) in [5.74, 6) is 0.181. The molecule has 0 atom stereocenters. The van der Waals surface area contributed by atoms with Gasteiger partial charge in [-0.3, -0.25) is 9.59 Å². The minimum atomic E-state index is -0.322. The van der Waals surface area contributed by atoms with E-state index in [1.54, 1.807) is 54.6 Å². The van der Waals surface area contributed by atoms with Crippen molar-refractivity contribution >= 4 is 5.78 Å². The molecule has 1 aromatic heterocycles. The van der Waals surface area contributed by atoms with Crippen molar-refractivity contribution in [2.45, 2.75) is 6.92 Å². The summed E-state index contributed by atoms with van der Waals surface area (Å²) in [5.41, 5.74) is 1.60. The topological polar surface area (TPSA) is 47.3 Å². The third-order valence-electron chi connectivity index (χ3n) is 3.44. The van der Waals surface area contributed by atoms with Gasteiger partial charge < -0.3 is 4.42 Å². The SMILES string of the molecule is Cc1ccc(C(=O)c2ccccc2)c(=O)c(-c2ccco2)c1. The highest BCUT2D eigenvalue weighted by molar-refractivity contribution is 6.09. The Labute approximate surface area is 127 Å². The lowest BCUT2D eigenvalue weighted by Crippen LogP contribution is -2.15. The third kappa shape index (κ3) is 2.61. The van der Waals surface area contributed by atoms with Crippen molar-refractivity contribution in [1.82, 2.24) is 0 Å². The molecule has 0 aliphatic heterocycles. The van der Waals surface area contributed by atoms with Crippen molar-refractivity contribution < 1.29 is 9.21 Å². The summed E-state index contributed by atoms with van der Waals surface area (Å²) < 4.78 is 5.33. The number of hydrogen-bond donors (Lipinski definition) is 0. The van der Waals surface area contributed by atoms with Gasteiger partial charge in [0.1, 0.15) is 5.76 Å². The second-order valence-corrected chi connectivity index (χ2v) is 5.05. The van der Waals surface area contributed by atoms with Gasteiger partial charge in [-0.1, -0.05) is 42.0 Å². The first-order valence-electron chi connectivity index (χ1n) is 6.95. The normalized spacial score (nSPS) is 10.4. The van der Waals surface area contributed by atoms with Crippen LogP contribution in [0, 0.1) is 6.92 Å². The number of hydrogen-bond acceptors (Lipinski definition) is 3. The predicted molar refractivity (Wildman–Crippen MR) is 85.0 cm³/mol. The Morgan fingerprint density at radius 2 is 1.73 bits per heavy atom. The van der Waals surface area contributed by atoms with Gasteiger partial charge in [0.2, 0.25) is 5.43 Å². The molecule has 0 spiro atoms. The first-order chi connectivity index (χ1) is 10.7. The zero-order valence-corrected chi connectivity index (χ0v) is 12.1. The zero-order chi connectivity index (χ0) is 15.5. The van der Waals surface area contributed by atoms with Gasteiger partial charge in [-0.05, 0) is 31.2 Å². The third-order valence-corrected chi connectivity index (χ3v) is 3.44. The highest BCUT2D eigenvalue weighted by Gasteiger charge is 2.16. The number of carbonyl (C=O) groups is 1. The monoisotopic (exact) mass is 290 g/mol. The maximum absolute atomic E-state index is 12.8. The molecule has 3 rings (SSSR count). The molecule has 0 radical (unpaired) electrons. The summed E-state index contributed by atoms with van der Waals surface area (Å²) in [7, 11) is 0. The first-order valence-corrected chi connectivity index (χ1v) is 6.95. The lowest BCUT2D eigenvalue weighted by atomic mass is 10.0. The Morgan fingerprint density at radius 1 is 0.955 bits per heavy atom. The van der Waals surface area contributed by atoms with Crippen molar-refractivity contribution in [1.29, 1.82) is 0 Å². The lowest BCUT2D eigenvalue weighted by molar-refractivity contribution is 0.103. The molecule has 0 aliphatic carbocycles. The van der Waals surface area contributed by atoms with E-state index in [-0.39, 0.29) is 16.8 Å². The van der Waals surface area contributed by atoms with E-state index in [2.05, 4.69) is 0 Å². The molecule has 2 aromatic carbocycles. The minimum Gasteiger partial charge on any atom is -0.464 e. The number of rotatable bonds is 3. The smallest absolute Gasteiger partial charge is 0.200 e. The Kier molecular flexibility index (Phi) is 3.71. The molecule has 22 heavy (non-hydrogen) atoms. The Morgan fingerprint density at radius 3 is 2.41 bits per heavy atom. The van der Waals surface area contributed by atoms with Gasteiger partial charge >= 0.3 is 0 Å². The van der Waals surface area contributed by atoms with Gasteiger partial charge in [0.05, 0.1) is 17.4 Å². The van der Waals surface area contributed by atoms with Crippen LogP contribution in [-0.4, -0.2) is 5.78 Å². The zero-order valence-electron chi connectivity index (χ0n) is 12.1. The van der Waals surface area contributed by atoms with Crippen LogP contribution in [0.2, 0.25) is 0 Å². The molecule has 108 valence electrons. The molecule has 3 nitrogen and oxygen atoms in total. The standard InChI is InChI=1S/C19H14O3/c1-13-9-10-15(18(20)14-6-3-2-4-7-14)19(21)16(12-13)17-8-5-11-22-17/h2-12H,1H3. The van der Waals surface area contributed by atoms with E-state index in [1.165, 1.54) is 6.26 Å². The average molecular weight is 290 g/mol. The molecule has 0 fully saturated rings. The van der Waals surface area contributed by atoms with Crippen molar-refractivity contribution in [3.8, 4) is 11.3 Å². The quantitative estimate of drug-likeness (QED) is 0.688. The number of carbonyl (C=O) groups excluding carboxylic acids is 1. The van der Waals surface area contributed by atoms with Gasteiger partial charge in [0.15, 0.2) is 5.78 Å². The summed E-state index contributed by atoms with van der Waals surface area (Å²) >= 11 is 0. The number of benzene rings is 1. The molecule has 0 N–H and O–H groups in total. The molecule has 1 heterocycles. The van der Waals surface area contributed by atoms with Crippen LogP contribution in [0.4, 0.5) is 0 Å². The van der Waals surface area contributed by atoms with Crippen LogP contribution in [0.1, 0.15) is 21.5 Å². The van der Waals surface area contributed by atoms with Crippen LogP contribution >= 0.6 is 0 Å². The Hall–Kier alpha value is -2.94. The van der Waals surface area contributed by atoms with Crippen molar-refractivity contribution in [2.75, 3.05) is 0 Å². The van der Waals surface area contributed by atoms with Gasteiger partial charge in [-0.25, -0.2) is 0 Å². The molecular weight excluding hydrogens is 276 g/mol. The van der Waals surface area contributed by atoms with Gasteiger partial charge in [-0.15, -0.1) is 0 Å². The van der Waals surface area contributed by atoms with E-state index >= 15 is 0 Å². The van der Waals surface area contributed by atoms with Crippen molar-refractivity contribution in [2.24, 2.45) is 0 Å². The van der Waals surface area contributed by atoms with E-state index in [0.717, 1.165) is 5.56 Å². The summed E-state index contributed by atoms with van der Waals surface area (Å²) in [6, 6.07) is 17.3. The predicted octanol–water partition coefficient (Wildman–Crippen LogP) is 3.85. The van der Waals surface area contributed by atoms with Gasteiger partial charge in [-0.2, -0.15) is 0 Å². The fourth-order valence-corrected chi connectivity index (χ4v) is 2.32. The first kappa shape index (κ1) is 14.0. The molecule has 0 bridgehead atoms. The maximum atomic E-state index is 12.8. The minimum absolute atomic E-state index is 0.144. The van der Waals surface area contributed by atoms with Crippen LogP contribution in [0.5, 0.6) is 0 Å². The van der Waals surface area contributed by atoms with E-state index in [4.69, 9.17) is 4.42 Å². The summed E-state index contributed by atoms with van der Waals surface area (Å²) in [6.45, 7) is 1.88. The fraction of sp³-hybridized carbons (Fsp3) is 0.0526. The molecule has 0 saturated carbocycles. The van der Waals surface area contributed by atoms with E-state index in [1.807, 2.05) is 13.0 Å². The second-order valence-electron chi connectivity index (χ2n) is 5.05.